The molecular formula is C7H14O2. The van der Waals surface area contributed by atoms with Crippen LogP contribution in [0.1, 0.15) is 25.7 Å². The Kier molecular flexibility index (Phi) is 2.49. The summed E-state index contributed by atoms with van der Waals surface area (Å²) < 4.78 is 0. The summed E-state index contributed by atoms with van der Waals surface area (Å²) in [5.74, 6) is 0.369. The number of aliphatic hydroxyl groups is 2. The van der Waals surface area contributed by atoms with Gasteiger partial charge in [-0.05, 0) is 25.2 Å². The van der Waals surface area contributed by atoms with Gasteiger partial charge in [-0.25, -0.2) is 0 Å². The number of rotatable bonds is 1. The van der Waals surface area contributed by atoms with E-state index < -0.39 is 0 Å². The van der Waals surface area contributed by atoms with Gasteiger partial charge in [0.15, 0.2) is 0 Å². The summed E-state index contributed by atoms with van der Waals surface area (Å²) in [5.41, 5.74) is 0. The first-order valence-corrected chi connectivity index (χ1v) is 3.62. The fourth-order valence-electron chi connectivity index (χ4n) is 1.43. The second-order valence-electron chi connectivity index (χ2n) is 2.87. The molecule has 0 aromatic heterocycles. The minimum atomic E-state index is -0.143. The van der Waals surface area contributed by atoms with Crippen molar-refractivity contribution >= 4 is 0 Å². The Balaban J connectivity index is 2.23. The number of hydrogen-bond donors (Lipinski definition) is 2. The fraction of sp³-hybridized carbons (Fsp3) is 1.00. The van der Waals surface area contributed by atoms with E-state index in [2.05, 4.69) is 0 Å². The summed E-state index contributed by atoms with van der Waals surface area (Å²) in [6.07, 6.45) is 3.75. The molecule has 0 bridgehead atoms. The molecule has 1 aliphatic rings. The molecule has 0 aromatic carbocycles. The lowest BCUT2D eigenvalue weighted by Gasteiger charge is -2.23. The van der Waals surface area contributed by atoms with Gasteiger partial charge in [0.05, 0.1) is 6.10 Å². The van der Waals surface area contributed by atoms with Gasteiger partial charge in [-0.15, -0.1) is 0 Å². The Hall–Kier alpha value is -0.0800. The van der Waals surface area contributed by atoms with Crippen molar-refractivity contribution in [1.29, 1.82) is 0 Å². The molecular weight excluding hydrogens is 116 g/mol. The molecule has 1 rings (SSSR count). The average molecular weight is 130 g/mol. The Morgan fingerprint density at radius 1 is 1.33 bits per heavy atom. The standard InChI is InChI=1S/C7H14O2/c8-5-6-2-1-3-7(9)4-6/h6-9H,1-5H2/t6-,7?/m0/s1. The van der Waals surface area contributed by atoms with Gasteiger partial charge in [-0.1, -0.05) is 6.42 Å². The van der Waals surface area contributed by atoms with Crippen LogP contribution in [0.3, 0.4) is 0 Å². The highest BCUT2D eigenvalue weighted by Gasteiger charge is 2.18. The van der Waals surface area contributed by atoms with E-state index in [1.165, 1.54) is 0 Å². The van der Waals surface area contributed by atoms with Crippen LogP contribution in [0, 0.1) is 5.92 Å². The van der Waals surface area contributed by atoms with Gasteiger partial charge in [0, 0.05) is 6.61 Å². The first-order chi connectivity index (χ1) is 4.33. The van der Waals surface area contributed by atoms with Gasteiger partial charge < -0.3 is 10.2 Å². The van der Waals surface area contributed by atoms with E-state index in [0.717, 1.165) is 25.7 Å². The van der Waals surface area contributed by atoms with Gasteiger partial charge in [0.25, 0.3) is 0 Å². The van der Waals surface area contributed by atoms with E-state index >= 15 is 0 Å². The highest BCUT2D eigenvalue weighted by atomic mass is 16.3. The molecule has 2 atom stereocenters. The van der Waals surface area contributed by atoms with Crippen LogP contribution in [0.25, 0.3) is 0 Å². The molecule has 0 saturated heterocycles. The van der Waals surface area contributed by atoms with Crippen molar-refractivity contribution in [3.63, 3.8) is 0 Å². The van der Waals surface area contributed by atoms with Crippen molar-refractivity contribution in [1.82, 2.24) is 0 Å². The summed E-state index contributed by atoms with van der Waals surface area (Å²) in [5, 5.41) is 17.8. The normalized spacial score (nSPS) is 36.7. The summed E-state index contributed by atoms with van der Waals surface area (Å²) in [6.45, 7) is 0.247. The summed E-state index contributed by atoms with van der Waals surface area (Å²) in [6, 6.07) is 0. The molecule has 1 unspecified atom stereocenters. The zero-order chi connectivity index (χ0) is 6.69. The van der Waals surface area contributed by atoms with Crippen LogP contribution in [0.2, 0.25) is 0 Å². The van der Waals surface area contributed by atoms with Crippen LogP contribution in [-0.2, 0) is 0 Å². The monoisotopic (exact) mass is 130 g/mol. The quantitative estimate of drug-likeness (QED) is 0.543. The smallest absolute Gasteiger partial charge is 0.0543 e. The molecule has 2 N–H and O–H groups in total. The third-order valence-electron chi connectivity index (χ3n) is 2.01. The van der Waals surface area contributed by atoms with Crippen LogP contribution in [0.5, 0.6) is 0 Å². The zero-order valence-electron chi connectivity index (χ0n) is 5.58. The minimum Gasteiger partial charge on any atom is -0.396 e. The maximum absolute atomic E-state index is 9.10. The van der Waals surface area contributed by atoms with Crippen LogP contribution < -0.4 is 0 Å². The van der Waals surface area contributed by atoms with Crippen molar-refractivity contribution in [2.75, 3.05) is 6.61 Å². The SMILES string of the molecule is OC[C@H]1CCCC(O)C1. The van der Waals surface area contributed by atoms with E-state index in [0.29, 0.717) is 5.92 Å². The van der Waals surface area contributed by atoms with E-state index in [1.807, 2.05) is 0 Å². The van der Waals surface area contributed by atoms with Crippen LogP contribution >= 0.6 is 0 Å². The molecule has 2 nitrogen and oxygen atoms in total. The molecule has 2 heteroatoms. The maximum atomic E-state index is 9.10. The summed E-state index contributed by atoms with van der Waals surface area (Å²) >= 11 is 0. The molecule has 1 fully saturated rings. The van der Waals surface area contributed by atoms with Gasteiger partial charge in [-0.3, -0.25) is 0 Å². The van der Waals surface area contributed by atoms with Crippen molar-refractivity contribution in [3.8, 4) is 0 Å². The van der Waals surface area contributed by atoms with Gasteiger partial charge >= 0.3 is 0 Å². The van der Waals surface area contributed by atoms with Gasteiger partial charge in [0.1, 0.15) is 0 Å². The van der Waals surface area contributed by atoms with Crippen molar-refractivity contribution in [2.45, 2.75) is 31.8 Å². The van der Waals surface area contributed by atoms with E-state index in [9.17, 15) is 0 Å². The lowest BCUT2D eigenvalue weighted by molar-refractivity contribution is 0.0757. The second-order valence-corrected chi connectivity index (χ2v) is 2.87. The lowest BCUT2D eigenvalue weighted by atomic mass is 9.88. The predicted molar refractivity (Wildman–Crippen MR) is 35.1 cm³/mol. The topological polar surface area (TPSA) is 40.5 Å². The molecule has 1 saturated carbocycles. The highest BCUT2D eigenvalue weighted by molar-refractivity contribution is 4.70. The number of aliphatic hydroxyl groups excluding tert-OH is 2. The third-order valence-corrected chi connectivity index (χ3v) is 2.01. The Morgan fingerprint density at radius 3 is 2.56 bits per heavy atom. The first-order valence-electron chi connectivity index (χ1n) is 3.62. The van der Waals surface area contributed by atoms with E-state index in [-0.39, 0.29) is 12.7 Å². The van der Waals surface area contributed by atoms with Crippen LogP contribution in [0.4, 0.5) is 0 Å². The molecule has 0 radical (unpaired) electrons. The third kappa shape index (κ3) is 1.95. The maximum Gasteiger partial charge on any atom is 0.0543 e. The second kappa shape index (κ2) is 3.18. The molecule has 0 amide bonds. The van der Waals surface area contributed by atoms with Crippen molar-refractivity contribution < 1.29 is 10.2 Å². The Bertz CT molecular complexity index is 83.0. The molecule has 9 heavy (non-hydrogen) atoms. The van der Waals surface area contributed by atoms with Crippen molar-refractivity contribution in [3.05, 3.63) is 0 Å². The number of hydrogen-bond acceptors (Lipinski definition) is 2. The zero-order valence-corrected chi connectivity index (χ0v) is 5.58. The predicted octanol–water partition coefficient (Wildman–Crippen LogP) is 0.530. The molecule has 0 heterocycles. The van der Waals surface area contributed by atoms with Crippen LogP contribution in [-0.4, -0.2) is 22.9 Å². The summed E-state index contributed by atoms with van der Waals surface area (Å²) in [4.78, 5) is 0. The van der Waals surface area contributed by atoms with E-state index in [1.54, 1.807) is 0 Å². The molecule has 0 spiro atoms. The first kappa shape index (κ1) is 7.03. The van der Waals surface area contributed by atoms with Gasteiger partial charge in [0.2, 0.25) is 0 Å². The molecule has 0 aliphatic heterocycles. The fourth-order valence-corrected chi connectivity index (χ4v) is 1.43. The molecule has 1 aliphatic carbocycles. The largest absolute Gasteiger partial charge is 0.396 e. The molecule has 0 aromatic rings. The average Bonchev–Trinajstić information content (AvgIpc) is 1.88. The Labute approximate surface area is 55.5 Å². The van der Waals surface area contributed by atoms with Crippen molar-refractivity contribution in [2.24, 2.45) is 5.92 Å². The summed E-state index contributed by atoms with van der Waals surface area (Å²) in [7, 11) is 0. The van der Waals surface area contributed by atoms with Crippen LogP contribution in [0.15, 0.2) is 0 Å². The minimum absolute atomic E-state index is 0.143. The van der Waals surface area contributed by atoms with E-state index in [4.69, 9.17) is 10.2 Å². The molecule has 54 valence electrons. The lowest BCUT2D eigenvalue weighted by Crippen LogP contribution is -2.21. The van der Waals surface area contributed by atoms with Gasteiger partial charge in [-0.2, -0.15) is 0 Å². The Morgan fingerprint density at radius 2 is 2.11 bits per heavy atom. The highest BCUT2D eigenvalue weighted by Crippen LogP contribution is 2.23.